The molecule has 2 amide bonds. The molecule has 27 heavy (non-hydrogen) atoms. The molecule has 146 valence electrons. The molecule has 1 aliphatic carbocycles. The van der Waals surface area contributed by atoms with Gasteiger partial charge >= 0.3 is 0 Å². The van der Waals surface area contributed by atoms with E-state index in [4.69, 9.17) is 4.74 Å². The van der Waals surface area contributed by atoms with Gasteiger partial charge in [0.2, 0.25) is 5.91 Å². The zero-order valence-corrected chi connectivity index (χ0v) is 15.7. The topological polar surface area (TPSA) is 70.1 Å². The maximum atomic E-state index is 12.8. The smallest absolute Gasteiger partial charge is 0.254 e. The Balaban J connectivity index is 1.34. The van der Waals surface area contributed by atoms with Crippen molar-refractivity contribution in [1.82, 2.24) is 9.80 Å². The molecule has 6 heteroatoms. The van der Waals surface area contributed by atoms with E-state index in [9.17, 15) is 14.7 Å². The van der Waals surface area contributed by atoms with Crippen molar-refractivity contribution in [3.63, 3.8) is 0 Å². The molecule has 1 aromatic rings. The third-order valence-electron chi connectivity index (χ3n) is 5.91. The predicted molar refractivity (Wildman–Crippen MR) is 101 cm³/mol. The maximum absolute atomic E-state index is 12.8. The van der Waals surface area contributed by atoms with Crippen LogP contribution in [0.2, 0.25) is 0 Å². The average molecular weight is 372 g/mol. The van der Waals surface area contributed by atoms with Crippen molar-refractivity contribution in [3.8, 4) is 5.75 Å². The van der Waals surface area contributed by atoms with Crippen LogP contribution < -0.4 is 4.74 Å². The standard InChI is InChI=1S/C21H28N2O4/c24-14-17-4-2-10-23(17)21(26)16-3-1-5-19(13-16)27-18-8-11-22(12-9-18)20(25)15-6-7-15/h1,3,5,13,15,17-18,24H,2,4,6-12,14H2/t17-/m0/s1. The highest BCUT2D eigenvalue weighted by atomic mass is 16.5. The Labute approximate surface area is 160 Å². The molecule has 0 spiro atoms. The number of aliphatic hydroxyl groups is 1. The summed E-state index contributed by atoms with van der Waals surface area (Å²) in [6.45, 7) is 2.22. The lowest BCUT2D eigenvalue weighted by Gasteiger charge is -2.32. The number of hydrogen-bond donors (Lipinski definition) is 1. The van der Waals surface area contributed by atoms with Gasteiger partial charge in [0, 0.05) is 44.0 Å². The van der Waals surface area contributed by atoms with E-state index in [1.165, 1.54) is 0 Å². The summed E-state index contributed by atoms with van der Waals surface area (Å²) >= 11 is 0. The highest BCUT2D eigenvalue weighted by Gasteiger charge is 2.35. The minimum absolute atomic E-state index is 0.0140. The summed E-state index contributed by atoms with van der Waals surface area (Å²) in [6.07, 6.45) is 5.62. The van der Waals surface area contributed by atoms with Crippen molar-refractivity contribution >= 4 is 11.8 Å². The van der Waals surface area contributed by atoms with Crippen LogP contribution in [-0.2, 0) is 4.79 Å². The fraction of sp³-hybridized carbons (Fsp3) is 0.619. The minimum atomic E-state index is -0.0737. The molecule has 1 aromatic carbocycles. The van der Waals surface area contributed by atoms with E-state index in [0.717, 1.165) is 51.6 Å². The molecule has 6 nitrogen and oxygen atoms in total. The highest BCUT2D eigenvalue weighted by molar-refractivity contribution is 5.95. The molecule has 2 saturated heterocycles. The fourth-order valence-corrected chi connectivity index (χ4v) is 4.14. The van der Waals surface area contributed by atoms with E-state index in [-0.39, 0.29) is 30.6 Å². The molecule has 0 radical (unpaired) electrons. The second-order valence-electron chi connectivity index (χ2n) is 7.92. The second kappa shape index (κ2) is 7.89. The summed E-state index contributed by atoms with van der Waals surface area (Å²) in [6, 6.07) is 7.26. The van der Waals surface area contributed by atoms with Crippen LogP contribution >= 0.6 is 0 Å². The minimum Gasteiger partial charge on any atom is -0.490 e. The van der Waals surface area contributed by atoms with Gasteiger partial charge in [-0.2, -0.15) is 0 Å². The first-order valence-corrected chi connectivity index (χ1v) is 10.1. The number of rotatable bonds is 5. The van der Waals surface area contributed by atoms with Crippen molar-refractivity contribution in [2.24, 2.45) is 5.92 Å². The zero-order valence-electron chi connectivity index (χ0n) is 15.7. The van der Waals surface area contributed by atoms with Gasteiger partial charge in [-0.1, -0.05) is 6.07 Å². The first kappa shape index (κ1) is 18.3. The number of benzene rings is 1. The van der Waals surface area contributed by atoms with Crippen molar-refractivity contribution in [3.05, 3.63) is 29.8 Å². The van der Waals surface area contributed by atoms with E-state index in [1.807, 2.05) is 17.0 Å². The summed E-state index contributed by atoms with van der Waals surface area (Å²) in [5.41, 5.74) is 0.606. The van der Waals surface area contributed by atoms with Gasteiger partial charge in [-0.05, 0) is 43.9 Å². The lowest BCUT2D eigenvalue weighted by Crippen LogP contribution is -2.42. The zero-order chi connectivity index (χ0) is 18.8. The Morgan fingerprint density at radius 1 is 1.07 bits per heavy atom. The van der Waals surface area contributed by atoms with Gasteiger partial charge in [-0.15, -0.1) is 0 Å². The summed E-state index contributed by atoms with van der Waals surface area (Å²) in [7, 11) is 0. The van der Waals surface area contributed by atoms with Crippen LogP contribution in [0, 0.1) is 5.92 Å². The number of ether oxygens (including phenoxy) is 1. The van der Waals surface area contributed by atoms with Gasteiger partial charge in [0.05, 0.1) is 12.6 Å². The van der Waals surface area contributed by atoms with Crippen LogP contribution in [0.25, 0.3) is 0 Å². The number of amides is 2. The molecule has 1 N–H and O–H groups in total. The molecule has 4 rings (SSSR count). The quantitative estimate of drug-likeness (QED) is 0.859. The number of likely N-dealkylation sites (tertiary alicyclic amines) is 2. The molecule has 0 unspecified atom stereocenters. The van der Waals surface area contributed by atoms with E-state index in [0.29, 0.717) is 23.8 Å². The van der Waals surface area contributed by atoms with E-state index in [2.05, 4.69) is 0 Å². The van der Waals surface area contributed by atoms with E-state index >= 15 is 0 Å². The highest BCUT2D eigenvalue weighted by Crippen LogP contribution is 2.32. The summed E-state index contributed by atoms with van der Waals surface area (Å²) < 4.78 is 6.11. The average Bonchev–Trinajstić information content (AvgIpc) is 3.44. The molecule has 2 heterocycles. The molecule has 3 aliphatic rings. The first-order valence-electron chi connectivity index (χ1n) is 10.1. The van der Waals surface area contributed by atoms with Crippen LogP contribution in [0.3, 0.4) is 0 Å². The molecule has 0 bridgehead atoms. The lowest BCUT2D eigenvalue weighted by molar-refractivity contribution is -0.134. The number of nitrogens with zero attached hydrogens (tertiary/aromatic N) is 2. The van der Waals surface area contributed by atoms with Gasteiger partial charge in [-0.25, -0.2) is 0 Å². The number of carbonyl (C=O) groups excluding carboxylic acids is 2. The van der Waals surface area contributed by atoms with Crippen molar-refractivity contribution in [2.45, 2.75) is 50.7 Å². The number of aliphatic hydroxyl groups excluding tert-OH is 1. The summed E-state index contributed by atoms with van der Waals surface area (Å²) in [4.78, 5) is 28.6. The van der Waals surface area contributed by atoms with Crippen LogP contribution in [0.15, 0.2) is 24.3 Å². The number of piperidine rings is 1. The SMILES string of the molecule is O=C(C1CC1)N1CCC(Oc2cccc(C(=O)N3CCC[C@H]3CO)c2)CC1. The second-order valence-corrected chi connectivity index (χ2v) is 7.92. The van der Waals surface area contributed by atoms with Gasteiger partial charge in [-0.3, -0.25) is 9.59 Å². The Bertz CT molecular complexity index is 695. The van der Waals surface area contributed by atoms with Crippen molar-refractivity contribution in [2.75, 3.05) is 26.2 Å². The van der Waals surface area contributed by atoms with Crippen LogP contribution in [-0.4, -0.2) is 65.1 Å². The monoisotopic (exact) mass is 372 g/mol. The van der Waals surface area contributed by atoms with Crippen LogP contribution in [0.1, 0.15) is 48.9 Å². The van der Waals surface area contributed by atoms with Gasteiger partial charge in [0.1, 0.15) is 11.9 Å². The molecular weight excluding hydrogens is 344 g/mol. The lowest BCUT2D eigenvalue weighted by atomic mass is 10.1. The van der Waals surface area contributed by atoms with Crippen molar-refractivity contribution < 1.29 is 19.4 Å². The molecule has 2 aliphatic heterocycles. The predicted octanol–water partition coefficient (Wildman–Crippen LogP) is 2.06. The van der Waals surface area contributed by atoms with Crippen LogP contribution in [0.4, 0.5) is 0 Å². The van der Waals surface area contributed by atoms with E-state index in [1.54, 1.807) is 17.0 Å². The van der Waals surface area contributed by atoms with Gasteiger partial charge < -0.3 is 19.6 Å². The Hall–Kier alpha value is -2.08. The normalized spacial score (nSPS) is 23.5. The van der Waals surface area contributed by atoms with Gasteiger partial charge in [0.25, 0.3) is 5.91 Å². The Kier molecular flexibility index (Phi) is 5.34. The largest absolute Gasteiger partial charge is 0.490 e. The van der Waals surface area contributed by atoms with E-state index < -0.39 is 0 Å². The summed E-state index contributed by atoms with van der Waals surface area (Å²) in [5, 5.41) is 9.46. The van der Waals surface area contributed by atoms with Crippen molar-refractivity contribution in [1.29, 1.82) is 0 Å². The third-order valence-corrected chi connectivity index (χ3v) is 5.91. The molecule has 3 fully saturated rings. The third kappa shape index (κ3) is 4.10. The summed E-state index contributed by atoms with van der Waals surface area (Å²) in [5.74, 6) is 1.25. The number of carbonyl (C=O) groups is 2. The molecule has 1 saturated carbocycles. The van der Waals surface area contributed by atoms with Crippen LogP contribution in [0.5, 0.6) is 5.75 Å². The fourth-order valence-electron chi connectivity index (χ4n) is 4.14. The Morgan fingerprint density at radius 2 is 1.85 bits per heavy atom. The first-order chi connectivity index (χ1) is 13.2. The molecule has 0 aromatic heterocycles. The van der Waals surface area contributed by atoms with Gasteiger partial charge in [0.15, 0.2) is 0 Å². The maximum Gasteiger partial charge on any atom is 0.254 e. The number of hydrogen-bond acceptors (Lipinski definition) is 4. The Morgan fingerprint density at radius 3 is 2.56 bits per heavy atom. The molecular formula is C21H28N2O4. The molecule has 1 atom stereocenters.